The zero-order valence-electron chi connectivity index (χ0n) is 14.0. The maximum Gasteiger partial charge on any atom is 0.267 e. The van der Waals surface area contributed by atoms with E-state index in [0.29, 0.717) is 33.9 Å². The van der Waals surface area contributed by atoms with Gasteiger partial charge in [-0.2, -0.15) is 0 Å². The van der Waals surface area contributed by atoms with Crippen LogP contribution in [0.3, 0.4) is 0 Å². The number of carbonyl (C=O) groups excluding carboxylic acids is 1. The number of anilines is 1. The minimum atomic E-state index is -0.480. The standard InChI is InChI=1S/C19H14ClN3O3S/c20-12-1-5-14(6-2-12)26-15-7-3-13(4-8-15)22-17(24)16-11-21-19-23(18(16)25)9-10-27-19/h1-8,11H,9-10H2,(H,22,24). The molecule has 0 radical (unpaired) electrons. The molecule has 0 saturated carbocycles. The predicted octanol–water partition coefficient (Wildman–Crippen LogP) is 4.05. The third kappa shape index (κ3) is 3.84. The van der Waals surface area contributed by atoms with Crippen molar-refractivity contribution in [1.29, 1.82) is 0 Å². The molecule has 0 fully saturated rings. The summed E-state index contributed by atoms with van der Waals surface area (Å²) in [6, 6.07) is 13.9. The lowest BCUT2D eigenvalue weighted by Crippen LogP contribution is -2.29. The fraction of sp³-hybridized carbons (Fsp3) is 0.105. The van der Waals surface area contributed by atoms with Crippen molar-refractivity contribution >= 4 is 35.0 Å². The monoisotopic (exact) mass is 399 g/mol. The topological polar surface area (TPSA) is 73.2 Å². The van der Waals surface area contributed by atoms with Gasteiger partial charge in [0.15, 0.2) is 5.16 Å². The molecular formula is C19H14ClN3O3S. The Labute approximate surface area is 164 Å². The van der Waals surface area contributed by atoms with E-state index in [1.54, 1.807) is 48.5 Å². The summed E-state index contributed by atoms with van der Waals surface area (Å²) in [4.78, 5) is 29.0. The number of ether oxygens (including phenoxy) is 1. The SMILES string of the molecule is O=C(Nc1ccc(Oc2ccc(Cl)cc2)cc1)c1cnc2n(c1=O)CCS2. The van der Waals surface area contributed by atoms with Gasteiger partial charge in [-0.1, -0.05) is 23.4 Å². The van der Waals surface area contributed by atoms with Crippen LogP contribution in [-0.4, -0.2) is 21.2 Å². The van der Waals surface area contributed by atoms with E-state index in [9.17, 15) is 9.59 Å². The normalized spacial score (nSPS) is 12.5. The van der Waals surface area contributed by atoms with Gasteiger partial charge in [-0.3, -0.25) is 14.2 Å². The fourth-order valence-electron chi connectivity index (χ4n) is 2.62. The maximum atomic E-state index is 12.4. The van der Waals surface area contributed by atoms with E-state index in [-0.39, 0.29) is 11.1 Å². The summed E-state index contributed by atoms with van der Waals surface area (Å²) >= 11 is 7.36. The first-order valence-electron chi connectivity index (χ1n) is 8.17. The number of carbonyl (C=O) groups is 1. The molecule has 1 aromatic heterocycles. The van der Waals surface area contributed by atoms with E-state index < -0.39 is 5.91 Å². The molecule has 3 aromatic rings. The highest BCUT2D eigenvalue weighted by atomic mass is 35.5. The summed E-state index contributed by atoms with van der Waals surface area (Å²) in [5.41, 5.74) is 0.274. The number of nitrogens with zero attached hydrogens (tertiary/aromatic N) is 2. The second kappa shape index (κ2) is 7.46. The van der Waals surface area contributed by atoms with Crippen molar-refractivity contribution in [2.24, 2.45) is 0 Å². The summed E-state index contributed by atoms with van der Waals surface area (Å²) in [5, 5.41) is 4.00. The van der Waals surface area contributed by atoms with Gasteiger partial charge in [0.1, 0.15) is 17.1 Å². The molecule has 0 aliphatic carbocycles. The molecule has 1 N–H and O–H groups in total. The number of aromatic nitrogens is 2. The van der Waals surface area contributed by atoms with Gasteiger partial charge < -0.3 is 10.1 Å². The van der Waals surface area contributed by atoms with Crippen LogP contribution in [0.1, 0.15) is 10.4 Å². The van der Waals surface area contributed by atoms with Crippen LogP contribution in [0.4, 0.5) is 5.69 Å². The Morgan fingerprint density at radius 1 is 1.11 bits per heavy atom. The highest BCUT2D eigenvalue weighted by Gasteiger charge is 2.20. The molecule has 2 aromatic carbocycles. The third-order valence-corrected chi connectivity index (χ3v) is 5.19. The Morgan fingerprint density at radius 3 is 2.48 bits per heavy atom. The Balaban J connectivity index is 1.46. The van der Waals surface area contributed by atoms with Crippen LogP contribution in [0.2, 0.25) is 5.02 Å². The summed E-state index contributed by atoms with van der Waals surface area (Å²) in [6.07, 6.45) is 1.33. The lowest BCUT2D eigenvalue weighted by atomic mass is 10.2. The summed E-state index contributed by atoms with van der Waals surface area (Å²) in [6.45, 7) is 0.573. The van der Waals surface area contributed by atoms with Crippen molar-refractivity contribution < 1.29 is 9.53 Å². The highest BCUT2D eigenvalue weighted by molar-refractivity contribution is 7.99. The van der Waals surface area contributed by atoms with Gasteiger partial charge in [-0.05, 0) is 48.5 Å². The first kappa shape index (κ1) is 17.6. The lowest BCUT2D eigenvalue weighted by Gasteiger charge is -2.09. The molecule has 1 aliphatic rings. The molecule has 27 heavy (non-hydrogen) atoms. The van der Waals surface area contributed by atoms with Crippen LogP contribution in [0.5, 0.6) is 11.5 Å². The number of hydrogen-bond acceptors (Lipinski definition) is 5. The number of fused-ring (bicyclic) bond motifs is 1. The van der Waals surface area contributed by atoms with E-state index >= 15 is 0 Å². The van der Waals surface area contributed by atoms with Crippen molar-refractivity contribution in [1.82, 2.24) is 9.55 Å². The molecule has 6 nitrogen and oxygen atoms in total. The molecule has 136 valence electrons. The van der Waals surface area contributed by atoms with Crippen molar-refractivity contribution in [3.63, 3.8) is 0 Å². The van der Waals surface area contributed by atoms with Gasteiger partial charge in [0, 0.05) is 29.2 Å². The number of benzene rings is 2. The van der Waals surface area contributed by atoms with E-state index in [1.165, 1.54) is 22.5 Å². The fourth-order valence-corrected chi connectivity index (χ4v) is 3.66. The van der Waals surface area contributed by atoms with Gasteiger partial charge in [-0.15, -0.1) is 0 Å². The number of halogens is 1. The number of nitrogens with one attached hydrogen (secondary N) is 1. The van der Waals surface area contributed by atoms with E-state index in [1.807, 2.05) is 0 Å². The molecule has 0 saturated heterocycles. The minimum absolute atomic E-state index is 0.0303. The predicted molar refractivity (Wildman–Crippen MR) is 105 cm³/mol. The molecule has 8 heteroatoms. The van der Waals surface area contributed by atoms with Gasteiger partial charge in [0.2, 0.25) is 0 Å². The first-order chi connectivity index (χ1) is 13.1. The summed E-state index contributed by atoms with van der Waals surface area (Å²) in [7, 11) is 0. The molecule has 0 unspecified atom stereocenters. The quantitative estimate of drug-likeness (QED) is 0.670. The largest absolute Gasteiger partial charge is 0.457 e. The Morgan fingerprint density at radius 2 is 1.78 bits per heavy atom. The molecule has 0 spiro atoms. The van der Waals surface area contributed by atoms with Gasteiger partial charge in [0.25, 0.3) is 11.5 Å². The summed E-state index contributed by atoms with van der Waals surface area (Å²) < 4.78 is 7.24. The average molecular weight is 400 g/mol. The van der Waals surface area contributed by atoms with Crippen LogP contribution in [0.15, 0.2) is 64.7 Å². The zero-order chi connectivity index (χ0) is 18.8. The molecule has 2 heterocycles. The average Bonchev–Trinajstić information content (AvgIpc) is 3.15. The smallest absolute Gasteiger partial charge is 0.267 e. The van der Waals surface area contributed by atoms with E-state index in [4.69, 9.17) is 16.3 Å². The van der Waals surface area contributed by atoms with Crippen molar-refractivity contribution in [2.45, 2.75) is 11.7 Å². The molecule has 0 atom stereocenters. The van der Waals surface area contributed by atoms with Crippen LogP contribution in [0, 0.1) is 0 Å². The van der Waals surface area contributed by atoms with Crippen LogP contribution in [0.25, 0.3) is 0 Å². The Kier molecular flexibility index (Phi) is 4.87. The van der Waals surface area contributed by atoms with Crippen molar-refractivity contribution in [3.8, 4) is 11.5 Å². The number of amides is 1. The second-order valence-electron chi connectivity index (χ2n) is 5.79. The molecule has 4 rings (SSSR count). The van der Waals surface area contributed by atoms with Crippen LogP contribution < -0.4 is 15.6 Å². The molecular weight excluding hydrogens is 386 g/mol. The van der Waals surface area contributed by atoms with E-state index in [2.05, 4.69) is 10.3 Å². The highest BCUT2D eigenvalue weighted by Crippen LogP contribution is 2.25. The number of thioether (sulfide) groups is 1. The van der Waals surface area contributed by atoms with Gasteiger partial charge >= 0.3 is 0 Å². The summed E-state index contributed by atoms with van der Waals surface area (Å²) in [5.74, 6) is 1.59. The molecule has 1 amide bonds. The van der Waals surface area contributed by atoms with Gasteiger partial charge in [-0.25, -0.2) is 4.98 Å². The molecule has 0 bridgehead atoms. The minimum Gasteiger partial charge on any atom is -0.457 e. The van der Waals surface area contributed by atoms with E-state index in [0.717, 1.165) is 5.75 Å². The van der Waals surface area contributed by atoms with Gasteiger partial charge in [0.05, 0.1) is 0 Å². The lowest BCUT2D eigenvalue weighted by molar-refractivity contribution is 0.102. The number of hydrogen-bond donors (Lipinski definition) is 1. The zero-order valence-corrected chi connectivity index (χ0v) is 15.6. The van der Waals surface area contributed by atoms with Crippen molar-refractivity contribution in [2.75, 3.05) is 11.1 Å². The molecule has 1 aliphatic heterocycles. The Bertz CT molecular complexity index is 1050. The van der Waals surface area contributed by atoms with Crippen LogP contribution in [-0.2, 0) is 6.54 Å². The Hall–Kier alpha value is -2.77. The maximum absolute atomic E-state index is 12.4. The first-order valence-corrected chi connectivity index (χ1v) is 9.54. The second-order valence-corrected chi connectivity index (χ2v) is 7.29. The van der Waals surface area contributed by atoms with Crippen molar-refractivity contribution in [3.05, 3.63) is 75.7 Å². The number of rotatable bonds is 4. The van der Waals surface area contributed by atoms with Crippen LogP contribution >= 0.6 is 23.4 Å². The third-order valence-electron chi connectivity index (χ3n) is 3.96.